The molecule has 3 heteroatoms. The second kappa shape index (κ2) is 6.32. The Hall–Kier alpha value is -0.900. The molecular weight excluding hydrogens is 224 g/mol. The normalized spacial score (nSPS) is 25.9. The largest absolute Gasteiger partial charge is 0.395 e. The maximum atomic E-state index is 9.33. The van der Waals surface area contributed by atoms with Crippen molar-refractivity contribution in [3.63, 3.8) is 0 Å². The van der Waals surface area contributed by atoms with Gasteiger partial charge in [-0.15, -0.1) is 0 Å². The maximum absolute atomic E-state index is 9.33. The minimum Gasteiger partial charge on any atom is -0.395 e. The van der Waals surface area contributed by atoms with Crippen molar-refractivity contribution in [2.75, 3.05) is 26.2 Å². The van der Waals surface area contributed by atoms with E-state index in [9.17, 15) is 5.11 Å². The molecule has 1 aromatic rings. The van der Waals surface area contributed by atoms with Crippen LogP contribution in [0.2, 0.25) is 0 Å². The van der Waals surface area contributed by atoms with Crippen LogP contribution in [-0.4, -0.2) is 42.3 Å². The van der Waals surface area contributed by atoms with E-state index in [4.69, 9.17) is 0 Å². The molecule has 2 atom stereocenters. The van der Waals surface area contributed by atoms with E-state index in [1.807, 2.05) is 0 Å². The summed E-state index contributed by atoms with van der Waals surface area (Å²) in [5.41, 5.74) is 2.66. The molecule has 0 aliphatic carbocycles. The lowest BCUT2D eigenvalue weighted by Gasteiger charge is -2.24. The van der Waals surface area contributed by atoms with Gasteiger partial charge in [-0.2, -0.15) is 0 Å². The van der Waals surface area contributed by atoms with Crippen molar-refractivity contribution in [1.82, 2.24) is 10.2 Å². The van der Waals surface area contributed by atoms with Gasteiger partial charge >= 0.3 is 0 Å². The van der Waals surface area contributed by atoms with E-state index in [0.717, 1.165) is 26.2 Å². The standard InChI is InChI=1S/C15H24N2O/c1-12-3-5-14(6-4-12)9-17-8-13(2)7-16-15(10-17)11-18/h3-6,13,15-16,18H,7-11H2,1-2H3. The van der Waals surface area contributed by atoms with Crippen LogP contribution < -0.4 is 5.32 Å². The fourth-order valence-corrected chi connectivity index (χ4v) is 2.53. The first-order valence-electron chi connectivity index (χ1n) is 6.79. The van der Waals surface area contributed by atoms with Gasteiger partial charge in [0.15, 0.2) is 0 Å². The quantitative estimate of drug-likeness (QED) is 0.849. The van der Waals surface area contributed by atoms with Gasteiger partial charge in [-0.05, 0) is 24.9 Å². The molecule has 1 saturated heterocycles. The highest BCUT2D eigenvalue weighted by atomic mass is 16.3. The van der Waals surface area contributed by atoms with E-state index in [-0.39, 0.29) is 12.6 Å². The third-order valence-corrected chi connectivity index (χ3v) is 3.55. The van der Waals surface area contributed by atoms with Crippen LogP contribution in [0.3, 0.4) is 0 Å². The van der Waals surface area contributed by atoms with Crippen LogP contribution in [0.15, 0.2) is 24.3 Å². The molecule has 0 amide bonds. The first kappa shape index (κ1) is 13.5. The summed E-state index contributed by atoms with van der Waals surface area (Å²) in [6.45, 7) is 8.58. The van der Waals surface area contributed by atoms with E-state index >= 15 is 0 Å². The zero-order valence-corrected chi connectivity index (χ0v) is 11.4. The Kier molecular flexibility index (Phi) is 4.75. The fraction of sp³-hybridized carbons (Fsp3) is 0.600. The zero-order valence-electron chi connectivity index (χ0n) is 11.4. The molecule has 0 bridgehead atoms. The van der Waals surface area contributed by atoms with E-state index in [0.29, 0.717) is 5.92 Å². The molecular formula is C15H24N2O. The summed E-state index contributed by atoms with van der Waals surface area (Å²) in [5.74, 6) is 0.631. The van der Waals surface area contributed by atoms with Gasteiger partial charge in [-0.25, -0.2) is 0 Å². The molecule has 2 N–H and O–H groups in total. The summed E-state index contributed by atoms with van der Waals surface area (Å²) in [4.78, 5) is 2.44. The SMILES string of the molecule is Cc1ccc(CN2CC(C)CNC(CO)C2)cc1. The molecule has 2 rings (SSSR count). The molecule has 1 fully saturated rings. The van der Waals surface area contributed by atoms with Crippen molar-refractivity contribution in [3.05, 3.63) is 35.4 Å². The first-order chi connectivity index (χ1) is 8.67. The summed E-state index contributed by atoms with van der Waals surface area (Å²) in [6, 6.07) is 8.94. The lowest BCUT2D eigenvalue weighted by molar-refractivity contribution is 0.192. The second-order valence-electron chi connectivity index (χ2n) is 5.57. The first-order valence-corrected chi connectivity index (χ1v) is 6.79. The van der Waals surface area contributed by atoms with Crippen LogP contribution in [0.25, 0.3) is 0 Å². The molecule has 1 heterocycles. The van der Waals surface area contributed by atoms with Crippen LogP contribution in [0.1, 0.15) is 18.1 Å². The fourth-order valence-electron chi connectivity index (χ4n) is 2.53. The number of benzene rings is 1. The van der Waals surface area contributed by atoms with Gasteiger partial charge in [-0.1, -0.05) is 36.8 Å². The van der Waals surface area contributed by atoms with Crippen LogP contribution in [-0.2, 0) is 6.54 Å². The number of hydrogen-bond donors (Lipinski definition) is 2. The molecule has 1 aromatic carbocycles. The smallest absolute Gasteiger partial charge is 0.0597 e. The van der Waals surface area contributed by atoms with Crippen molar-refractivity contribution in [2.45, 2.75) is 26.4 Å². The van der Waals surface area contributed by atoms with E-state index in [1.54, 1.807) is 0 Å². The molecule has 0 aromatic heterocycles. The third-order valence-electron chi connectivity index (χ3n) is 3.55. The maximum Gasteiger partial charge on any atom is 0.0597 e. The van der Waals surface area contributed by atoms with E-state index in [1.165, 1.54) is 11.1 Å². The summed E-state index contributed by atoms with van der Waals surface area (Å²) in [7, 11) is 0. The molecule has 0 spiro atoms. The Balaban J connectivity index is 1.99. The topological polar surface area (TPSA) is 35.5 Å². The summed E-state index contributed by atoms with van der Waals surface area (Å²) in [6.07, 6.45) is 0. The molecule has 1 aliphatic rings. The van der Waals surface area contributed by atoms with Crippen molar-refractivity contribution in [2.24, 2.45) is 5.92 Å². The number of rotatable bonds is 3. The Morgan fingerprint density at radius 1 is 1.28 bits per heavy atom. The highest BCUT2D eigenvalue weighted by molar-refractivity contribution is 5.21. The monoisotopic (exact) mass is 248 g/mol. The Labute approximate surface area is 110 Å². The third kappa shape index (κ3) is 3.80. The minimum absolute atomic E-state index is 0.209. The van der Waals surface area contributed by atoms with Crippen molar-refractivity contribution in [1.29, 1.82) is 0 Å². The van der Waals surface area contributed by atoms with Gasteiger partial charge < -0.3 is 10.4 Å². The van der Waals surface area contributed by atoms with Crippen LogP contribution in [0.4, 0.5) is 0 Å². The Morgan fingerprint density at radius 3 is 2.67 bits per heavy atom. The molecule has 0 radical (unpaired) electrons. The average molecular weight is 248 g/mol. The minimum atomic E-state index is 0.209. The van der Waals surface area contributed by atoms with Gasteiger partial charge in [0.25, 0.3) is 0 Å². The molecule has 100 valence electrons. The molecule has 3 nitrogen and oxygen atoms in total. The molecule has 0 saturated carbocycles. The highest BCUT2D eigenvalue weighted by Crippen LogP contribution is 2.12. The van der Waals surface area contributed by atoms with Gasteiger partial charge in [0, 0.05) is 25.7 Å². The van der Waals surface area contributed by atoms with Crippen LogP contribution >= 0.6 is 0 Å². The predicted octanol–water partition coefficient (Wildman–Crippen LogP) is 1.40. The van der Waals surface area contributed by atoms with Gasteiger partial charge in [-0.3, -0.25) is 4.90 Å². The second-order valence-corrected chi connectivity index (χ2v) is 5.57. The Morgan fingerprint density at radius 2 is 2.00 bits per heavy atom. The van der Waals surface area contributed by atoms with E-state index in [2.05, 4.69) is 48.3 Å². The number of aliphatic hydroxyl groups excluding tert-OH is 1. The zero-order chi connectivity index (χ0) is 13.0. The average Bonchev–Trinajstić information content (AvgIpc) is 2.54. The molecule has 2 unspecified atom stereocenters. The van der Waals surface area contributed by atoms with Gasteiger partial charge in [0.1, 0.15) is 0 Å². The number of nitrogens with zero attached hydrogens (tertiary/aromatic N) is 1. The van der Waals surface area contributed by atoms with Crippen molar-refractivity contribution < 1.29 is 5.11 Å². The van der Waals surface area contributed by atoms with Crippen molar-refractivity contribution in [3.8, 4) is 0 Å². The van der Waals surface area contributed by atoms with Gasteiger partial charge in [0.05, 0.1) is 6.61 Å². The van der Waals surface area contributed by atoms with E-state index < -0.39 is 0 Å². The van der Waals surface area contributed by atoms with Crippen LogP contribution in [0.5, 0.6) is 0 Å². The number of aryl methyl sites for hydroxylation is 1. The predicted molar refractivity (Wildman–Crippen MR) is 74.5 cm³/mol. The van der Waals surface area contributed by atoms with Crippen LogP contribution in [0, 0.1) is 12.8 Å². The highest BCUT2D eigenvalue weighted by Gasteiger charge is 2.20. The Bertz CT molecular complexity index is 363. The van der Waals surface area contributed by atoms with Crippen molar-refractivity contribution >= 4 is 0 Å². The number of aliphatic hydroxyl groups is 1. The molecule has 1 aliphatic heterocycles. The number of nitrogens with one attached hydrogen (secondary N) is 1. The summed E-state index contributed by atoms with van der Waals surface area (Å²) in [5, 5.41) is 12.7. The summed E-state index contributed by atoms with van der Waals surface area (Å²) >= 11 is 0. The lowest BCUT2D eigenvalue weighted by atomic mass is 10.1. The van der Waals surface area contributed by atoms with Gasteiger partial charge in [0.2, 0.25) is 0 Å². The molecule has 18 heavy (non-hydrogen) atoms. The summed E-state index contributed by atoms with van der Waals surface area (Å²) < 4.78 is 0. The number of hydrogen-bond acceptors (Lipinski definition) is 3. The lowest BCUT2D eigenvalue weighted by Crippen LogP contribution is -2.39.